The Morgan fingerprint density at radius 1 is 0.964 bits per heavy atom. The highest BCUT2D eigenvalue weighted by Gasteiger charge is 2.36. The van der Waals surface area contributed by atoms with Crippen molar-refractivity contribution in [3.63, 3.8) is 0 Å². The number of aryl methyl sites for hydroxylation is 1. The molecule has 140 valence electrons. The SMILES string of the molecule is Cc1cc(C=C2SC(=O)N(c3ccccc3)C2=O)c(C)n1-c1ccccc1Cl. The first kappa shape index (κ1) is 18.6. The van der Waals surface area contributed by atoms with Crippen molar-refractivity contribution in [2.24, 2.45) is 0 Å². The van der Waals surface area contributed by atoms with Crippen LogP contribution < -0.4 is 4.90 Å². The summed E-state index contributed by atoms with van der Waals surface area (Å²) in [4.78, 5) is 26.9. The molecule has 0 aliphatic carbocycles. The Bertz CT molecular complexity index is 1120. The Morgan fingerprint density at radius 3 is 2.36 bits per heavy atom. The molecule has 1 saturated heterocycles. The van der Waals surface area contributed by atoms with Gasteiger partial charge in [0.25, 0.3) is 11.1 Å². The monoisotopic (exact) mass is 408 g/mol. The number of halogens is 1. The highest BCUT2D eigenvalue weighted by atomic mass is 35.5. The van der Waals surface area contributed by atoms with Crippen LogP contribution in [0.1, 0.15) is 17.0 Å². The van der Waals surface area contributed by atoms with E-state index in [-0.39, 0.29) is 11.1 Å². The first-order valence-electron chi connectivity index (χ1n) is 8.74. The van der Waals surface area contributed by atoms with Crippen molar-refractivity contribution in [3.8, 4) is 5.69 Å². The first-order valence-corrected chi connectivity index (χ1v) is 9.93. The standard InChI is InChI=1S/C22H17ClN2O2S/c1-14-12-16(15(2)24(14)19-11-7-6-10-18(19)23)13-20-21(26)25(22(27)28-20)17-8-4-3-5-9-17/h3-13H,1-2H3. The van der Waals surface area contributed by atoms with Crippen molar-refractivity contribution in [1.82, 2.24) is 4.57 Å². The van der Waals surface area contributed by atoms with Gasteiger partial charge < -0.3 is 4.57 Å². The van der Waals surface area contributed by atoms with E-state index in [0.717, 1.165) is 34.4 Å². The van der Waals surface area contributed by atoms with Gasteiger partial charge in [-0.15, -0.1) is 0 Å². The zero-order valence-electron chi connectivity index (χ0n) is 15.3. The molecule has 1 aliphatic heterocycles. The van der Waals surface area contributed by atoms with Gasteiger partial charge >= 0.3 is 0 Å². The Labute approximate surface area is 172 Å². The number of carbonyl (C=O) groups is 2. The predicted octanol–water partition coefficient (Wildman–Crippen LogP) is 5.99. The molecule has 0 spiro atoms. The van der Waals surface area contributed by atoms with Crippen LogP contribution in [0.25, 0.3) is 11.8 Å². The minimum Gasteiger partial charge on any atom is -0.316 e. The summed E-state index contributed by atoms with van der Waals surface area (Å²) >= 11 is 7.32. The van der Waals surface area contributed by atoms with E-state index in [9.17, 15) is 9.59 Å². The molecule has 6 heteroatoms. The van der Waals surface area contributed by atoms with Crippen molar-refractivity contribution < 1.29 is 9.59 Å². The van der Waals surface area contributed by atoms with E-state index < -0.39 is 0 Å². The summed E-state index contributed by atoms with van der Waals surface area (Å²) in [6.07, 6.45) is 1.78. The van der Waals surface area contributed by atoms with Crippen LogP contribution in [0.2, 0.25) is 5.02 Å². The summed E-state index contributed by atoms with van der Waals surface area (Å²) in [5.74, 6) is -0.302. The molecule has 28 heavy (non-hydrogen) atoms. The molecule has 1 fully saturated rings. The lowest BCUT2D eigenvalue weighted by atomic mass is 10.2. The van der Waals surface area contributed by atoms with Crippen LogP contribution in [0.3, 0.4) is 0 Å². The van der Waals surface area contributed by atoms with Gasteiger partial charge in [-0.2, -0.15) is 0 Å². The summed E-state index contributed by atoms with van der Waals surface area (Å²) in [7, 11) is 0. The Morgan fingerprint density at radius 2 is 1.64 bits per heavy atom. The fourth-order valence-corrected chi connectivity index (χ4v) is 4.40. The molecule has 2 amide bonds. The predicted molar refractivity (Wildman–Crippen MR) is 115 cm³/mol. The molecule has 3 aromatic rings. The van der Waals surface area contributed by atoms with Crippen molar-refractivity contribution >= 4 is 46.3 Å². The maximum atomic E-state index is 12.8. The average molecular weight is 409 g/mol. The van der Waals surface area contributed by atoms with E-state index in [0.29, 0.717) is 15.6 Å². The molecule has 4 nitrogen and oxygen atoms in total. The number of thioether (sulfide) groups is 1. The zero-order chi connectivity index (χ0) is 19.8. The molecule has 0 saturated carbocycles. The van der Waals surface area contributed by atoms with E-state index in [1.165, 1.54) is 4.90 Å². The van der Waals surface area contributed by atoms with Crippen LogP contribution >= 0.6 is 23.4 Å². The maximum Gasteiger partial charge on any atom is 0.298 e. The van der Waals surface area contributed by atoms with Gasteiger partial charge in [0.05, 0.1) is 21.3 Å². The number of nitrogens with zero attached hydrogens (tertiary/aromatic N) is 2. The molecule has 1 aliphatic rings. The van der Waals surface area contributed by atoms with Crippen LogP contribution in [0.5, 0.6) is 0 Å². The number of aromatic nitrogens is 1. The second-order valence-electron chi connectivity index (χ2n) is 6.47. The Hall–Kier alpha value is -2.76. The minimum atomic E-state index is -0.302. The van der Waals surface area contributed by atoms with Crippen LogP contribution in [0, 0.1) is 13.8 Å². The van der Waals surface area contributed by atoms with E-state index in [4.69, 9.17) is 11.6 Å². The molecular formula is C22H17ClN2O2S. The van der Waals surface area contributed by atoms with E-state index >= 15 is 0 Å². The molecule has 4 rings (SSSR count). The number of hydrogen-bond donors (Lipinski definition) is 0. The lowest BCUT2D eigenvalue weighted by molar-refractivity contribution is -0.113. The lowest BCUT2D eigenvalue weighted by Gasteiger charge is -2.12. The van der Waals surface area contributed by atoms with Crippen LogP contribution in [0.4, 0.5) is 10.5 Å². The number of amides is 2. The zero-order valence-corrected chi connectivity index (χ0v) is 16.9. The molecule has 0 N–H and O–H groups in total. The van der Waals surface area contributed by atoms with Crippen molar-refractivity contribution in [1.29, 1.82) is 0 Å². The van der Waals surface area contributed by atoms with Crippen LogP contribution in [-0.4, -0.2) is 15.7 Å². The smallest absolute Gasteiger partial charge is 0.298 e. The van der Waals surface area contributed by atoms with E-state index in [1.807, 2.05) is 50.2 Å². The molecule has 0 unspecified atom stereocenters. The largest absolute Gasteiger partial charge is 0.316 e. The lowest BCUT2D eigenvalue weighted by Crippen LogP contribution is -2.27. The second kappa shape index (κ2) is 7.34. The fraction of sp³-hybridized carbons (Fsp3) is 0.0909. The number of anilines is 1. The van der Waals surface area contributed by atoms with Gasteiger partial charge in [-0.05, 0) is 67.6 Å². The summed E-state index contributed by atoms with van der Waals surface area (Å²) in [5.41, 5.74) is 4.30. The third kappa shape index (κ3) is 3.17. The summed E-state index contributed by atoms with van der Waals surface area (Å²) in [6, 6.07) is 18.6. The first-order chi connectivity index (χ1) is 13.5. The van der Waals surface area contributed by atoms with Gasteiger partial charge in [-0.3, -0.25) is 9.59 Å². The van der Waals surface area contributed by atoms with Crippen LogP contribution in [0.15, 0.2) is 65.6 Å². The number of hydrogen-bond acceptors (Lipinski definition) is 3. The number of para-hydroxylation sites is 2. The highest BCUT2D eigenvalue weighted by molar-refractivity contribution is 8.19. The Kier molecular flexibility index (Phi) is 4.87. The van der Waals surface area contributed by atoms with Gasteiger partial charge in [0.1, 0.15) is 0 Å². The van der Waals surface area contributed by atoms with Crippen molar-refractivity contribution in [2.45, 2.75) is 13.8 Å². The molecule has 2 aromatic carbocycles. The molecule has 0 atom stereocenters. The van der Waals surface area contributed by atoms with Gasteiger partial charge in [0, 0.05) is 11.4 Å². The number of rotatable bonds is 3. The number of benzene rings is 2. The van der Waals surface area contributed by atoms with Gasteiger partial charge in [0.15, 0.2) is 0 Å². The summed E-state index contributed by atoms with van der Waals surface area (Å²) in [5, 5.41) is 0.364. The van der Waals surface area contributed by atoms with Crippen molar-refractivity contribution in [2.75, 3.05) is 4.90 Å². The van der Waals surface area contributed by atoms with E-state index in [1.54, 1.807) is 30.3 Å². The van der Waals surface area contributed by atoms with Crippen LogP contribution in [-0.2, 0) is 4.79 Å². The normalized spacial score (nSPS) is 15.7. The third-order valence-electron chi connectivity index (χ3n) is 4.66. The summed E-state index contributed by atoms with van der Waals surface area (Å²) < 4.78 is 2.05. The number of carbonyl (C=O) groups excluding carboxylic acids is 2. The molecule has 0 bridgehead atoms. The molecule has 2 heterocycles. The van der Waals surface area contributed by atoms with Gasteiger partial charge in [-0.1, -0.05) is 41.9 Å². The molecule has 1 aromatic heterocycles. The number of imide groups is 1. The van der Waals surface area contributed by atoms with Gasteiger partial charge in [-0.25, -0.2) is 4.90 Å². The summed E-state index contributed by atoms with van der Waals surface area (Å²) in [6.45, 7) is 3.97. The third-order valence-corrected chi connectivity index (χ3v) is 5.85. The average Bonchev–Trinajstić information content (AvgIpc) is 3.12. The second-order valence-corrected chi connectivity index (χ2v) is 7.87. The maximum absolute atomic E-state index is 12.8. The van der Waals surface area contributed by atoms with Gasteiger partial charge in [0.2, 0.25) is 0 Å². The minimum absolute atomic E-state index is 0.289. The molecule has 0 radical (unpaired) electrons. The van der Waals surface area contributed by atoms with E-state index in [2.05, 4.69) is 4.57 Å². The highest BCUT2D eigenvalue weighted by Crippen LogP contribution is 2.36. The van der Waals surface area contributed by atoms with Crippen molar-refractivity contribution in [3.05, 3.63) is 87.5 Å². The Balaban J connectivity index is 1.73. The topological polar surface area (TPSA) is 42.3 Å². The molecular weight excluding hydrogens is 392 g/mol. The quantitative estimate of drug-likeness (QED) is 0.500. The fourth-order valence-electron chi connectivity index (χ4n) is 3.35.